The lowest BCUT2D eigenvalue weighted by Gasteiger charge is -2.09. The summed E-state index contributed by atoms with van der Waals surface area (Å²) in [6.45, 7) is 4.56. The maximum atomic E-state index is 12.2. The fraction of sp³-hybridized carbons (Fsp3) is 0.211. The van der Waals surface area contributed by atoms with Gasteiger partial charge in [-0.3, -0.25) is 9.59 Å². The van der Waals surface area contributed by atoms with Crippen molar-refractivity contribution < 1.29 is 9.21 Å². The topological polar surface area (TPSA) is 77.1 Å². The van der Waals surface area contributed by atoms with Crippen molar-refractivity contribution in [1.82, 2.24) is 15.1 Å². The second kappa shape index (κ2) is 7.17. The first kappa shape index (κ1) is 16.7. The Labute approximate surface area is 145 Å². The van der Waals surface area contributed by atoms with Crippen molar-refractivity contribution >= 4 is 5.91 Å². The SMILES string of the molecule is Cc1ccc(C(=O)NCCn2nc(-c3ccco3)ccc2=O)cc1C. The Bertz CT molecular complexity index is 943. The average Bonchev–Trinajstić information content (AvgIpc) is 3.13. The van der Waals surface area contributed by atoms with E-state index in [0.29, 0.717) is 23.6 Å². The predicted molar refractivity (Wildman–Crippen MR) is 94.4 cm³/mol. The summed E-state index contributed by atoms with van der Waals surface area (Å²) in [5.41, 5.74) is 3.16. The molecule has 0 spiro atoms. The van der Waals surface area contributed by atoms with Crippen molar-refractivity contribution in [3.63, 3.8) is 0 Å². The molecule has 6 heteroatoms. The highest BCUT2D eigenvalue weighted by molar-refractivity contribution is 5.94. The van der Waals surface area contributed by atoms with Crippen molar-refractivity contribution in [1.29, 1.82) is 0 Å². The normalized spacial score (nSPS) is 10.6. The zero-order valence-electron chi connectivity index (χ0n) is 14.2. The van der Waals surface area contributed by atoms with Gasteiger partial charge < -0.3 is 9.73 Å². The van der Waals surface area contributed by atoms with Crippen LogP contribution in [-0.2, 0) is 6.54 Å². The maximum absolute atomic E-state index is 12.2. The number of hydrogen-bond acceptors (Lipinski definition) is 4. The Morgan fingerprint density at radius 2 is 2.00 bits per heavy atom. The molecule has 1 aromatic carbocycles. The van der Waals surface area contributed by atoms with Crippen molar-refractivity contribution in [3.8, 4) is 11.5 Å². The van der Waals surface area contributed by atoms with E-state index in [-0.39, 0.29) is 18.0 Å². The quantitative estimate of drug-likeness (QED) is 0.776. The highest BCUT2D eigenvalue weighted by Gasteiger charge is 2.08. The van der Waals surface area contributed by atoms with Crippen molar-refractivity contribution in [3.05, 3.63) is 75.8 Å². The van der Waals surface area contributed by atoms with E-state index in [0.717, 1.165) is 11.1 Å². The number of nitrogens with zero attached hydrogens (tertiary/aromatic N) is 2. The molecular weight excluding hydrogens is 318 g/mol. The molecule has 2 heterocycles. The van der Waals surface area contributed by atoms with Gasteiger partial charge in [0.2, 0.25) is 0 Å². The first-order valence-electron chi connectivity index (χ1n) is 8.02. The van der Waals surface area contributed by atoms with Gasteiger partial charge in [0, 0.05) is 18.2 Å². The predicted octanol–water partition coefficient (Wildman–Crippen LogP) is 2.55. The number of nitrogens with one attached hydrogen (secondary N) is 1. The minimum absolute atomic E-state index is 0.168. The summed E-state index contributed by atoms with van der Waals surface area (Å²) in [5, 5.41) is 7.08. The summed E-state index contributed by atoms with van der Waals surface area (Å²) in [7, 11) is 0. The van der Waals surface area contributed by atoms with Crippen LogP contribution in [0, 0.1) is 13.8 Å². The van der Waals surface area contributed by atoms with E-state index in [1.165, 1.54) is 10.7 Å². The maximum Gasteiger partial charge on any atom is 0.266 e. The molecule has 2 aromatic heterocycles. The van der Waals surface area contributed by atoms with E-state index in [9.17, 15) is 9.59 Å². The average molecular weight is 337 g/mol. The van der Waals surface area contributed by atoms with Crippen LogP contribution in [-0.4, -0.2) is 22.2 Å². The van der Waals surface area contributed by atoms with E-state index in [1.807, 2.05) is 26.0 Å². The molecule has 0 radical (unpaired) electrons. The minimum atomic E-state index is -0.226. The molecule has 0 bridgehead atoms. The molecule has 3 aromatic rings. The molecule has 0 saturated carbocycles. The van der Waals surface area contributed by atoms with Gasteiger partial charge in [0.05, 0.1) is 12.8 Å². The number of hydrogen-bond donors (Lipinski definition) is 1. The second-order valence-corrected chi connectivity index (χ2v) is 5.81. The highest BCUT2D eigenvalue weighted by atomic mass is 16.3. The lowest BCUT2D eigenvalue weighted by molar-refractivity contribution is 0.0951. The van der Waals surface area contributed by atoms with E-state index in [2.05, 4.69) is 10.4 Å². The molecule has 6 nitrogen and oxygen atoms in total. The molecule has 1 amide bonds. The number of furan rings is 1. The first-order chi connectivity index (χ1) is 12.0. The number of carbonyl (C=O) groups is 1. The molecular formula is C19H19N3O3. The number of aryl methyl sites for hydroxylation is 2. The summed E-state index contributed by atoms with van der Waals surface area (Å²) >= 11 is 0. The Morgan fingerprint density at radius 1 is 1.16 bits per heavy atom. The van der Waals surface area contributed by atoms with Crippen molar-refractivity contribution in [2.24, 2.45) is 0 Å². The smallest absolute Gasteiger partial charge is 0.266 e. The van der Waals surface area contributed by atoms with Crippen LogP contribution in [0.25, 0.3) is 11.5 Å². The lowest BCUT2D eigenvalue weighted by atomic mass is 10.1. The molecule has 0 aliphatic heterocycles. The van der Waals surface area contributed by atoms with Gasteiger partial charge in [0.1, 0.15) is 5.69 Å². The third-order valence-electron chi connectivity index (χ3n) is 4.02. The summed E-state index contributed by atoms with van der Waals surface area (Å²) in [5.74, 6) is 0.422. The van der Waals surface area contributed by atoms with Crippen molar-refractivity contribution in [2.75, 3.05) is 6.54 Å². The van der Waals surface area contributed by atoms with Gasteiger partial charge in [-0.15, -0.1) is 0 Å². The zero-order valence-corrected chi connectivity index (χ0v) is 14.2. The van der Waals surface area contributed by atoms with Gasteiger partial charge >= 0.3 is 0 Å². The minimum Gasteiger partial charge on any atom is -0.463 e. The molecule has 128 valence electrons. The number of amides is 1. The van der Waals surface area contributed by atoms with Crippen LogP contribution < -0.4 is 10.9 Å². The van der Waals surface area contributed by atoms with Crippen LogP contribution in [0.1, 0.15) is 21.5 Å². The first-order valence-corrected chi connectivity index (χ1v) is 8.02. The molecule has 25 heavy (non-hydrogen) atoms. The largest absolute Gasteiger partial charge is 0.463 e. The van der Waals surface area contributed by atoms with E-state index >= 15 is 0 Å². The molecule has 0 aliphatic carbocycles. The molecule has 1 N–H and O–H groups in total. The molecule has 0 aliphatic rings. The van der Waals surface area contributed by atoms with Crippen LogP contribution in [0.2, 0.25) is 0 Å². The molecule has 3 rings (SSSR count). The van der Waals surface area contributed by atoms with Gasteiger partial charge in [-0.05, 0) is 55.3 Å². The van der Waals surface area contributed by atoms with Crippen molar-refractivity contribution in [2.45, 2.75) is 20.4 Å². The summed E-state index contributed by atoms with van der Waals surface area (Å²) in [6.07, 6.45) is 1.55. The van der Waals surface area contributed by atoms with Crippen LogP contribution in [0.5, 0.6) is 0 Å². The number of aromatic nitrogens is 2. The number of rotatable bonds is 5. The van der Waals surface area contributed by atoms with E-state index < -0.39 is 0 Å². The summed E-state index contributed by atoms with van der Waals surface area (Å²) in [4.78, 5) is 24.1. The third-order valence-corrected chi connectivity index (χ3v) is 4.02. The van der Waals surface area contributed by atoms with Gasteiger partial charge in [0.25, 0.3) is 11.5 Å². The molecule has 0 atom stereocenters. The monoisotopic (exact) mass is 337 g/mol. The molecule has 0 fully saturated rings. The Morgan fingerprint density at radius 3 is 2.72 bits per heavy atom. The number of carbonyl (C=O) groups excluding carboxylic acids is 1. The third kappa shape index (κ3) is 3.85. The van der Waals surface area contributed by atoms with E-state index in [4.69, 9.17) is 4.42 Å². The van der Waals surface area contributed by atoms with Crippen LogP contribution in [0.4, 0.5) is 0 Å². The molecule has 0 saturated heterocycles. The Kier molecular flexibility index (Phi) is 4.79. The fourth-order valence-electron chi connectivity index (χ4n) is 2.42. The van der Waals surface area contributed by atoms with Crippen LogP contribution in [0.15, 0.2) is 57.9 Å². The Balaban J connectivity index is 1.65. The fourth-order valence-corrected chi connectivity index (χ4v) is 2.42. The van der Waals surface area contributed by atoms with Gasteiger partial charge in [-0.2, -0.15) is 5.10 Å². The summed E-state index contributed by atoms with van der Waals surface area (Å²) in [6, 6.07) is 12.2. The molecule has 0 unspecified atom stereocenters. The van der Waals surface area contributed by atoms with Gasteiger partial charge in [0.15, 0.2) is 5.76 Å². The lowest BCUT2D eigenvalue weighted by Crippen LogP contribution is -2.32. The zero-order chi connectivity index (χ0) is 17.8. The second-order valence-electron chi connectivity index (χ2n) is 5.81. The van der Waals surface area contributed by atoms with Crippen LogP contribution >= 0.6 is 0 Å². The standard InChI is InChI=1S/C19H19N3O3/c1-13-5-6-15(12-14(13)2)19(24)20-9-10-22-18(23)8-7-16(21-22)17-4-3-11-25-17/h3-8,11-12H,9-10H2,1-2H3,(H,20,24). The number of benzene rings is 1. The van der Waals surface area contributed by atoms with Gasteiger partial charge in [-0.25, -0.2) is 4.68 Å². The Hall–Kier alpha value is -3.15. The van der Waals surface area contributed by atoms with E-state index in [1.54, 1.807) is 30.5 Å². The summed E-state index contributed by atoms with van der Waals surface area (Å²) < 4.78 is 6.61. The highest BCUT2D eigenvalue weighted by Crippen LogP contribution is 2.15. The van der Waals surface area contributed by atoms with Gasteiger partial charge in [-0.1, -0.05) is 6.07 Å². The van der Waals surface area contributed by atoms with Crippen LogP contribution in [0.3, 0.4) is 0 Å².